The number of aryl methyl sites for hydroxylation is 1. The molecule has 2 heteroatoms. The molecule has 19 heavy (non-hydrogen) atoms. The van der Waals surface area contributed by atoms with Crippen molar-refractivity contribution in [2.75, 3.05) is 7.11 Å². The number of hydrogen-bond donors (Lipinski definition) is 0. The molecule has 0 aliphatic heterocycles. The minimum absolute atomic E-state index is 0.144. The van der Waals surface area contributed by atoms with E-state index < -0.39 is 0 Å². The summed E-state index contributed by atoms with van der Waals surface area (Å²) in [6, 6.07) is 10.4. The predicted octanol–water partition coefficient (Wildman–Crippen LogP) is 3.21. The van der Waals surface area contributed by atoms with E-state index >= 15 is 0 Å². The van der Waals surface area contributed by atoms with Gasteiger partial charge in [0.05, 0.1) is 13.5 Å². The van der Waals surface area contributed by atoms with Crippen LogP contribution in [-0.4, -0.2) is 13.1 Å². The molecule has 0 radical (unpaired) electrons. The largest absolute Gasteiger partial charge is 0.469 e. The molecule has 0 amide bonds. The molecule has 1 atom stereocenters. The molecule has 2 rings (SSSR count). The zero-order chi connectivity index (χ0) is 13.5. The van der Waals surface area contributed by atoms with Gasteiger partial charge in [-0.2, -0.15) is 0 Å². The van der Waals surface area contributed by atoms with Gasteiger partial charge in [-0.05, 0) is 30.7 Å². The van der Waals surface area contributed by atoms with Gasteiger partial charge in [-0.1, -0.05) is 36.3 Å². The summed E-state index contributed by atoms with van der Waals surface area (Å²) in [4.78, 5) is 11.3. The molecule has 1 aliphatic rings. The second kappa shape index (κ2) is 6.99. The van der Waals surface area contributed by atoms with Crippen LogP contribution in [0.25, 0.3) is 0 Å². The van der Waals surface area contributed by atoms with Crippen LogP contribution in [0.15, 0.2) is 30.3 Å². The van der Waals surface area contributed by atoms with E-state index in [-0.39, 0.29) is 11.9 Å². The highest BCUT2D eigenvalue weighted by Gasteiger charge is 2.31. The van der Waals surface area contributed by atoms with Crippen molar-refractivity contribution < 1.29 is 9.53 Å². The normalized spacial score (nSPS) is 15.2. The highest BCUT2D eigenvalue weighted by molar-refractivity contribution is 5.70. The van der Waals surface area contributed by atoms with Crippen molar-refractivity contribution in [3.05, 3.63) is 35.9 Å². The van der Waals surface area contributed by atoms with Crippen LogP contribution in [0.3, 0.4) is 0 Å². The third kappa shape index (κ3) is 4.79. The summed E-state index contributed by atoms with van der Waals surface area (Å²) in [7, 11) is 1.44. The molecule has 1 aromatic carbocycles. The lowest BCUT2D eigenvalue weighted by Gasteiger charge is -2.06. The number of methoxy groups -OCH3 is 1. The minimum Gasteiger partial charge on any atom is -0.469 e. The Balaban J connectivity index is 1.81. The Morgan fingerprint density at radius 2 is 2.11 bits per heavy atom. The van der Waals surface area contributed by atoms with Crippen LogP contribution in [0.4, 0.5) is 0 Å². The Kier molecular flexibility index (Phi) is 5.03. The maximum absolute atomic E-state index is 11.3. The summed E-state index contributed by atoms with van der Waals surface area (Å²) in [6.45, 7) is 0. The first-order valence-corrected chi connectivity index (χ1v) is 6.88. The first-order chi connectivity index (χ1) is 9.29. The van der Waals surface area contributed by atoms with E-state index in [0.717, 1.165) is 12.8 Å². The van der Waals surface area contributed by atoms with Crippen LogP contribution in [0.2, 0.25) is 0 Å². The maximum Gasteiger partial charge on any atom is 0.306 e. The maximum atomic E-state index is 11.3. The highest BCUT2D eigenvalue weighted by atomic mass is 16.5. The lowest BCUT2D eigenvalue weighted by Crippen LogP contribution is -2.10. The molecule has 100 valence electrons. The second-order valence-corrected chi connectivity index (χ2v) is 5.03. The van der Waals surface area contributed by atoms with Crippen molar-refractivity contribution in [3.63, 3.8) is 0 Å². The molecule has 1 aromatic rings. The monoisotopic (exact) mass is 256 g/mol. The van der Waals surface area contributed by atoms with Gasteiger partial charge >= 0.3 is 5.97 Å². The molecule has 1 aliphatic carbocycles. The fraction of sp³-hybridized carbons (Fsp3) is 0.471. The van der Waals surface area contributed by atoms with E-state index in [1.807, 2.05) is 18.2 Å². The minimum atomic E-state index is -0.144. The lowest BCUT2D eigenvalue weighted by atomic mass is 10.00. The van der Waals surface area contributed by atoms with Gasteiger partial charge in [0, 0.05) is 12.3 Å². The molecule has 0 spiro atoms. The van der Waals surface area contributed by atoms with Gasteiger partial charge < -0.3 is 4.74 Å². The number of rotatable bonds is 5. The molecule has 0 unspecified atom stereocenters. The van der Waals surface area contributed by atoms with Gasteiger partial charge in [0.2, 0.25) is 0 Å². The summed E-state index contributed by atoms with van der Waals surface area (Å²) in [5.41, 5.74) is 1.31. The molecule has 0 aromatic heterocycles. The summed E-state index contributed by atoms with van der Waals surface area (Å²) in [5, 5.41) is 0. The number of ether oxygens (including phenoxy) is 1. The zero-order valence-electron chi connectivity index (χ0n) is 11.4. The Morgan fingerprint density at radius 3 is 2.74 bits per heavy atom. The van der Waals surface area contributed by atoms with Crippen LogP contribution in [0.5, 0.6) is 0 Å². The third-order valence-electron chi connectivity index (χ3n) is 3.47. The topological polar surface area (TPSA) is 26.3 Å². The highest BCUT2D eigenvalue weighted by Crippen LogP contribution is 2.38. The molecule has 1 fully saturated rings. The van der Waals surface area contributed by atoms with Crippen LogP contribution in [0.1, 0.15) is 31.2 Å². The van der Waals surface area contributed by atoms with Crippen molar-refractivity contribution >= 4 is 5.97 Å². The van der Waals surface area contributed by atoms with Gasteiger partial charge in [-0.15, -0.1) is 5.92 Å². The van der Waals surface area contributed by atoms with Gasteiger partial charge in [-0.25, -0.2) is 0 Å². The van der Waals surface area contributed by atoms with Crippen LogP contribution >= 0.6 is 0 Å². The average molecular weight is 256 g/mol. The van der Waals surface area contributed by atoms with Crippen molar-refractivity contribution in [1.29, 1.82) is 0 Å². The van der Waals surface area contributed by atoms with E-state index in [2.05, 4.69) is 24.0 Å². The Labute approximate surface area is 115 Å². The van der Waals surface area contributed by atoms with Gasteiger partial charge in [0.15, 0.2) is 0 Å². The van der Waals surface area contributed by atoms with E-state index in [1.54, 1.807) is 0 Å². The second-order valence-electron chi connectivity index (χ2n) is 5.03. The van der Waals surface area contributed by atoms with Crippen LogP contribution in [-0.2, 0) is 16.0 Å². The standard InChI is InChI=1S/C17H20O2/c1-19-17(18)13-16(15-11-12-15)10-6-5-9-14-7-3-2-4-8-14/h2-4,7-8,15-16H,5,9,11-13H2,1H3/t16-/m0/s1. The van der Waals surface area contributed by atoms with E-state index in [9.17, 15) is 4.79 Å². The summed E-state index contributed by atoms with van der Waals surface area (Å²) >= 11 is 0. The molecular formula is C17H20O2. The average Bonchev–Trinajstić information content (AvgIpc) is 3.27. The number of carbonyl (C=O) groups is 1. The van der Waals surface area contributed by atoms with E-state index in [1.165, 1.54) is 25.5 Å². The molecule has 0 N–H and O–H groups in total. The molecule has 2 nitrogen and oxygen atoms in total. The third-order valence-corrected chi connectivity index (χ3v) is 3.47. The van der Waals surface area contributed by atoms with Gasteiger partial charge in [-0.3, -0.25) is 4.79 Å². The molecule has 0 saturated heterocycles. The van der Waals surface area contributed by atoms with Crippen LogP contribution in [0, 0.1) is 23.7 Å². The number of hydrogen-bond acceptors (Lipinski definition) is 2. The first-order valence-electron chi connectivity index (χ1n) is 6.88. The fourth-order valence-electron chi connectivity index (χ4n) is 2.15. The molecule has 0 bridgehead atoms. The molecular weight excluding hydrogens is 236 g/mol. The summed E-state index contributed by atoms with van der Waals surface area (Å²) in [5.74, 6) is 7.16. The Hall–Kier alpha value is -1.75. The quantitative estimate of drug-likeness (QED) is 0.597. The number of carbonyl (C=O) groups excluding carboxylic acids is 1. The summed E-state index contributed by atoms with van der Waals surface area (Å²) in [6.07, 6.45) is 4.68. The Morgan fingerprint density at radius 1 is 1.37 bits per heavy atom. The van der Waals surface area contributed by atoms with E-state index in [0.29, 0.717) is 12.3 Å². The first kappa shape index (κ1) is 13.7. The van der Waals surface area contributed by atoms with Gasteiger partial charge in [0.1, 0.15) is 0 Å². The van der Waals surface area contributed by atoms with Crippen molar-refractivity contribution in [2.45, 2.75) is 32.1 Å². The smallest absolute Gasteiger partial charge is 0.306 e. The van der Waals surface area contributed by atoms with Gasteiger partial charge in [0.25, 0.3) is 0 Å². The predicted molar refractivity (Wildman–Crippen MR) is 75.4 cm³/mol. The Bertz CT molecular complexity index is 463. The van der Waals surface area contributed by atoms with Crippen molar-refractivity contribution in [1.82, 2.24) is 0 Å². The number of benzene rings is 1. The fourth-order valence-corrected chi connectivity index (χ4v) is 2.15. The summed E-state index contributed by atoms with van der Waals surface area (Å²) < 4.78 is 4.73. The lowest BCUT2D eigenvalue weighted by molar-refractivity contribution is -0.141. The van der Waals surface area contributed by atoms with Crippen molar-refractivity contribution in [3.8, 4) is 11.8 Å². The van der Waals surface area contributed by atoms with E-state index in [4.69, 9.17) is 4.74 Å². The zero-order valence-corrected chi connectivity index (χ0v) is 11.4. The SMILES string of the molecule is COC(=O)C[C@H](C#CCCc1ccccc1)C1CC1. The van der Waals surface area contributed by atoms with Crippen molar-refractivity contribution in [2.24, 2.45) is 11.8 Å². The molecule has 1 saturated carbocycles. The molecule has 0 heterocycles. The number of esters is 1. The van der Waals surface area contributed by atoms with Crippen LogP contribution < -0.4 is 0 Å².